The van der Waals surface area contributed by atoms with E-state index in [0.717, 1.165) is 5.56 Å². The lowest BCUT2D eigenvalue weighted by molar-refractivity contribution is 0.199. The molecular formula is C15H18FN3O2. The number of aromatic nitrogens is 2. The Hall–Kier alpha value is -2.05. The van der Waals surface area contributed by atoms with Crippen molar-refractivity contribution in [3.8, 4) is 5.75 Å². The highest BCUT2D eigenvalue weighted by molar-refractivity contribution is 5.29. The highest BCUT2D eigenvalue weighted by Crippen LogP contribution is 2.17. The Bertz CT molecular complexity index is 552. The maximum atomic E-state index is 13.6. The zero-order valence-electron chi connectivity index (χ0n) is 11.9. The highest BCUT2D eigenvalue weighted by atomic mass is 19.1. The molecule has 21 heavy (non-hydrogen) atoms. The molecule has 0 spiro atoms. The fourth-order valence-electron chi connectivity index (χ4n) is 1.77. The monoisotopic (exact) mass is 291 g/mol. The van der Waals surface area contributed by atoms with Crippen molar-refractivity contribution in [3.63, 3.8) is 0 Å². The summed E-state index contributed by atoms with van der Waals surface area (Å²) < 4.78 is 24.0. The number of rotatable bonds is 8. The molecular weight excluding hydrogens is 273 g/mol. The second-order valence-corrected chi connectivity index (χ2v) is 4.42. The van der Waals surface area contributed by atoms with Crippen molar-refractivity contribution in [2.45, 2.75) is 13.2 Å². The van der Waals surface area contributed by atoms with Crippen LogP contribution in [0.25, 0.3) is 0 Å². The molecule has 0 saturated carbocycles. The van der Waals surface area contributed by atoms with Crippen molar-refractivity contribution in [3.05, 3.63) is 53.9 Å². The van der Waals surface area contributed by atoms with Gasteiger partial charge in [-0.05, 0) is 23.8 Å². The second kappa shape index (κ2) is 8.28. The van der Waals surface area contributed by atoms with Crippen LogP contribution in [0.5, 0.6) is 5.75 Å². The van der Waals surface area contributed by atoms with E-state index < -0.39 is 0 Å². The van der Waals surface area contributed by atoms with Gasteiger partial charge in [0.25, 0.3) is 0 Å². The molecule has 1 N–H and O–H groups in total. The number of methoxy groups -OCH3 is 1. The van der Waals surface area contributed by atoms with Crippen LogP contribution in [0.15, 0.2) is 36.7 Å². The van der Waals surface area contributed by atoms with Gasteiger partial charge in [-0.3, -0.25) is 0 Å². The first kappa shape index (κ1) is 15.3. The zero-order chi connectivity index (χ0) is 14.9. The third-order valence-electron chi connectivity index (χ3n) is 2.73. The van der Waals surface area contributed by atoms with E-state index in [1.54, 1.807) is 31.6 Å². The number of nitrogens with one attached hydrogen (secondary N) is 1. The largest absolute Gasteiger partial charge is 0.485 e. The predicted octanol–water partition coefficient (Wildman–Crippen LogP) is 1.93. The number of ether oxygens (including phenoxy) is 2. The molecule has 0 saturated heterocycles. The molecule has 0 aliphatic rings. The van der Waals surface area contributed by atoms with Crippen molar-refractivity contribution in [2.24, 2.45) is 0 Å². The van der Waals surface area contributed by atoms with Crippen LogP contribution in [-0.4, -0.2) is 30.2 Å². The van der Waals surface area contributed by atoms with E-state index >= 15 is 0 Å². The summed E-state index contributed by atoms with van der Waals surface area (Å²) in [4.78, 5) is 8.11. The van der Waals surface area contributed by atoms with Gasteiger partial charge in [0, 0.05) is 38.7 Å². The van der Waals surface area contributed by atoms with Crippen LogP contribution in [0.4, 0.5) is 4.39 Å². The predicted molar refractivity (Wildman–Crippen MR) is 76.3 cm³/mol. The highest BCUT2D eigenvalue weighted by Gasteiger charge is 2.03. The van der Waals surface area contributed by atoms with E-state index in [9.17, 15) is 4.39 Å². The molecule has 0 amide bonds. The summed E-state index contributed by atoms with van der Waals surface area (Å²) in [7, 11) is 1.64. The van der Waals surface area contributed by atoms with E-state index in [2.05, 4.69) is 15.3 Å². The van der Waals surface area contributed by atoms with Crippen LogP contribution >= 0.6 is 0 Å². The average Bonchev–Trinajstić information content (AvgIpc) is 2.50. The maximum absolute atomic E-state index is 13.6. The first-order valence-corrected chi connectivity index (χ1v) is 6.66. The fourth-order valence-corrected chi connectivity index (χ4v) is 1.77. The van der Waals surface area contributed by atoms with Crippen LogP contribution < -0.4 is 10.1 Å². The van der Waals surface area contributed by atoms with Gasteiger partial charge in [-0.15, -0.1) is 0 Å². The van der Waals surface area contributed by atoms with Gasteiger partial charge in [-0.2, -0.15) is 0 Å². The van der Waals surface area contributed by atoms with Crippen LogP contribution in [-0.2, 0) is 17.9 Å². The van der Waals surface area contributed by atoms with Crippen LogP contribution in [0, 0.1) is 5.82 Å². The third kappa shape index (κ3) is 5.45. The third-order valence-corrected chi connectivity index (χ3v) is 2.73. The SMILES string of the molecule is COCCNCc1cc(F)cc(OCc2ncccn2)c1. The number of hydrogen-bond donors (Lipinski definition) is 1. The summed E-state index contributed by atoms with van der Waals surface area (Å²) in [6.07, 6.45) is 3.28. The molecule has 0 aliphatic carbocycles. The molecule has 0 radical (unpaired) electrons. The lowest BCUT2D eigenvalue weighted by Gasteiger charge is -2.09. The normalized spacial score (nSPS) is 10.6. The molecule has 2 aromatic rings. The average molecular weight is 291 g/mol. The Labute approximate surface area is 123 Å². The number of nitrogens with zero attached hydrogens (tertiary/aromatic N) is 2. The van der Waals surface area contributed by atoms with Gasteiger partial charge in [-0.1, -0.05) is 0 Å². The van der Waals surface area contributed by atoms with Gasteiger partial charge in [0.05, 0.1) is 6.61 Å². The molecule has 5 nitrogen and oxygen atoms in total. The first-order valence-electron chi connectivity index (χ1n) is 6.66. The van der Waals surface area contributed by atoms with Crippen molar-refractivity contribution in [1.82, 2.24) is 15.3 Å². The first-order chi connectivity index (χ1) is 10.3. The molecule has 1 aromatic carbocycles. The number of hydrogen-bond acceptors (Lipinski definition) is 5. The van der Waals surface area contributed by atoms with Crippen LogP contribution in [0.3, 0.4) is 0 Å². The minimum atomic E-state index is -0.329. The molecule has 0 unspecified atom stereocenters. The van der Waals surface area contributed by atoms with Gasteiger partial charge in [0.2, 0.25) is 0 Å². The molecule has 2 rings (SSSR count). The van der Waals surface area contributed by atoms with E-state index in [0.29, 0.717) is 31.3 Å². The topological polar surface area (TPSA) is 56.3 Å². The summed E-state index contributed by atoms with van der Waals surface area (Å²) in [5.74, 6) is 0.692. The standard InChI is InChI=1S/C15H18FN3O2/c1-20-6-5-17-10-12-7-13(16)9-14(8-12)21-11-15-18-3-2-4-19-15/h2-4,7-9,17H,5-6,10-11H2,1H3. The molecule has 0 bridgehead atoms. The summed E-state index contributed by atoms with van der Waals surface area (Å²) in [5.41, 5.74) is 0.815. The Balaban J connectivity index is 1.91. The molecule has 6 heteroatoms. The van der Waals surface area contributed by atoms with Gasteiger partial charge in [-0.25, -0.2) is 14.4 Å². The summed E-state index contributed by atoms with van der Waals surface area (Å²) in [6, 6.07) is 6.36. The van der Waals surface area contributed by atoms with Crippen LogP contribution in [0.2, 0.25) is 0 Å². The lowest BCUT2D eigenvalue weighted by atomic mass is 10.2. The van der Waals surface area contributed by atoms with E-state index in [1.165, 1.54) is 12.1 Å². The van der Waals surface area contributed by atoms with Crippen molar-refractivity contribution in [1.29, 1.82) is 0 Å². The minimum absolute atomic E-state index is 0.209. The molecule has 0 atom stereocenters. The van der Waals surface area contributed by atoms with E-state index in [1.807, 2.05) is 0 Å². The van der Waals surface area contributed by atoms with Crippen molar-refractivity contribution in [2.75, 3.05) is 20.3 Å². The summed E-state index contributed by atoms with van der Waals surface area (Å²) in [6.45, 7) is 2.09. The van der Waals surface area contributed by atoms with Crippen molar-refractivity contribution >= 4 is 0 Å². The van der Waals surface area contributed by atoms with Gasteiger partial charge in [0.15, 0.2) is 5.82 Å². The maximum Gasteiger partial charge on any atom is 0.166 e. The smallest absolute Gasteiger partial charge is 0.166 e. The lowest BCUT2D eigenvalue weighted by Crippen LogP contribution is -2.18. The Kier molecular flexibility index (Phi) is 6.05. The number of benzene rings is 1. The summed E-state index contributed by atoms with van der Waals surface area (Å²) >= 11 is 0. The fraction of sp³-hybridized carbons (Fsp3) is 0.333. The summed E-state index contributed by atoms with van der Waals surface area (Å²) in [5, 5.41) is 3.16. The van der Waals surface area contributed by atoms with E-state index in [4.69, 9.17) is 9.47 Å². The Morgan fingerprint density at radius 3 is 2.76 bits per heavy atom. The quantitative estimate of drug-likeness (QED) is 0.753. The van der Waals surface area contributed by atoms with Gasteiger partial charge in [0.1, 0.15) is 18.2 Å². The zero-order valence-corrected chi connectivity index (χ0v) is 11.9. The van der Waals surface area contributed by atoms with Gasteiger partial charge >= 0.3 is 0 Å². The molecule has 0 aliphatic heterocycles. The van der Waals surface area contributed by atoms with E-state index in [-0.39, 0.29) is 12.4 Å². The molecule has 112 valence electrons. The molecule has 0 fully saturated rings. The Morgan fingerprint density at radius 1 is 1.19 bits per heavy atom. The molecule has 1 aromatic heterocycles. The van der Waals surface area contributed by atoms with Crippen LogP contribution in [0.1, 0.15) is 11.4 Å². The molecule has 1 heterocycles. The Morgan fingerprint density at radius 2 is 2.00 bits per heavy atom. The van der Waals surface area contributed by atoms with Crippen molar-refractivity contribution < 1.29 is 13.9 Å². The van der Waals surface area contributed by atoms with Gasteiger partial charge < -0.3 is 14.8 Å². The minimum Gasteiger partial charge on any atom is -0.485 e. The number of halogens is 1. The second-order valence-electron chi connectivity index (χ2n) is 4.42.